The summed E-state index contributed by atoms with van der Waals surface area (Å²) in [7, 11) is 0. The summed E-state index contributed by atoms with van der Waals surface area (Å²) in [6.07, 6.45) is 1.35. The van der Waals surface area contributed by atoms with Crippen molar-refractivity contribution in [1.29, 1.82) is 10.8 Å². The Labute approximate surface area is 62.4 Å². The first kappa shape index (κ1) is 6.95. The van der Waals surface area contributed by atoms with Gasteiger partial charge in [-0.05, 0) is 0 Å². The lowest BCUT2D eigenvalue weighted by atomic mass is 10.2. The van der Waals surface area contributed by atoms with E-state index in [0.717, 1.165) is 0 Å². The highest BCUT2D eigenvalue weighted by Gasteiger charge is 2.12. The second-order valence-corrected chi connectivity index (χ2v) is 2.15. The molecule has 0 aromatic carbocycles. The summed E-state index contributed by atoms with van der Waals surface area (Å²) in [6.45, 7) is 0. The van der Waals surface area contributed by atoms with Gasteiger partial charge in [0, 0.05) is 6.08 Å². The quantitative estimate of drug-likeness (QED) is 0.468. The number of amidine groups is 1. The maximum absolute atomic E-state index is 7.11. The van der Waals surface area contributed by atoms with Gasteiger partial charge in [-0.25, -0.2) is 4.99 Å². The maximum atomic E-state index is 7.11. The number of halogens is 1. The number of hydrogen-bond donors (Lipinski definition) is 3. The smallest absolute Gasteiger partial charge is 0.173 e. The van der Waals surface area contributed by atoms with Crippen molar-refractivity contribution < 1.29 is 0 Å². The van der Waals surface area contributed by atoms with Crippen molar-refractivity contribution >= 4 is 28.3 Å². The Bertz CT molecular complexity index is 260. The molecular formula is C5H5ClN4. The van der Waals surface area contributed by atoms with Crippen molar-refractivity contribution in [1.82, 2.24) is 0 Å². The molecule has 52 valence electrons. The van der Waals surface area contributed by atoms with Crippen LogP contribution in [0.25, 0.3) is 0 Å². The Morgan fingerprint density at radius 3 is 2.60 bits per heavy atom. The SMILES string of the molecule is N=C1N=C(Cl)C=C(N)C1=N. The van der Waals surface area contributed by atoms with Crippen molar-refractivity contribution in [2.45, 2.75) is 0 Å². The van der Waals surface area contributed by atoms with E-state index in [1.54, 1.807) is 0 Å². The number of allylic oxidation sites excluding steroid dienone is 1. The van der Waals surface area contributed by atoms with E-state index in [4.69, 9.17) is 28.2 Å². The summed E-state index contributed by atoms with van der Waals surface area (Å²) in [5.41, 5.74) is 5.40. The second kappa shape index (κ2) is 2.22. The van der Waals surface area contributed by atoms with E-state index in [-0.39, 0.29) is 22.4 Å². The molecule has 4 nitrogen and oxygen atoms in total. The van der Waals surface area contributed by atoms with Gasteiger partial charge in [0.15, 0.2) is 5.84 Å². The molecule has 0 aromatic heterocycles. The first-order valence-corrected chi connectivity index (χ1v) is 2.88. The summed E-state index contributed by atoms with van der Waals surface area (Å²) in [6, 6.07) is 0. The first-order valence-electron chi connectivity index (χ1n) is 2.50. The molecule has 0 radical (unpaired) electrons. The van der Waals surface area contributed by atoms with Crippen LogP contribution in [0.1, 0.15) is 0 Å². The van der Waals surface area contributed by atoms with Gasteiger partial charge < -0.3 is 5.73 Å². The molecule has 0 aromatic rings. The van der Waals surface area contributed by atoms with Gasteiger partial charge in [-0.1, -0.05) is 11.6 Å². The van der Waals surface area contributed by atoms with Crippen LogP contribution in [0, 0.1) is 10.8 Å². The van der Waals surface area contributed by atoms with E-state index in [2.05, 4.69) is 4.99 Å². The van der Waals surface area contributed by atoms with Crippen LogP contribution in [0.3, 0.4) is 0 Å². The van der Waals surface area contributed by atoms with E-state index < -0.39 is 0 Å². The van der Waals surface area contributed by atoms with Crippen molar-refractivity contribution in [3.63, 3.8) is 0 Å². The molecule has 1 aliphatic heterocycles. The third-order valence-electron chi connectivity index (χ3n) is 1.02. The van der Waals surface area contributed by atoms with Gasteiger partial charge in [-0.3, -0.25) is 10.8 Å². The molecule has 0 unspecified atom stereocenters. The number of nitrogens with two attached hydrogens (primary N) is 1. The summed E-state index contributed by atoms with van der Waals surface area (Å²) < 4.78 is 0. The highest BCUT2D eigenvalue weighted by atomic mass is 35.5. The average molecular weight is 157 g/mol. The molecule has 5 heteroatoms. The topological polar surface area (TPSA) is 86.1 Å². The van der Waals surface area contributed by atoms with Crippen molar-refractivity contribution in [2.75, 3.05) is 0 Å². The van der Waals surface area contributed by atoms with Crippen molar-refractivity contribution in [3.8, 4) is 0 Å². The summed E-state index contributed by atoms with van der Waals surface area (Å²) in [5, 5.41) is 14.3. The van der Waals surface area contributed by atoms with Crippen LogP contribution >= 0.6 is 11.6 Å². The third-order valence-corrected chi connectivity index (χ3v) is 1.21. The molecule has 0 amide bonds. The second-order valence-electron chi connectivity index (χ2n) is 1.76. The predicted octanol–water partition coefficient (Wildman–Crippen LogP) is 0.477. The number of aliphatic imine (C=N–C) groups is 1. The largest absolute Gasteiger partial charge is 0.397 e. The maximum Gasteiger partial charge on any atom is 0.173 e. The predicted molar refractivity (Wildman–Crippen MR) is 41.0 cm³/mol. The average Bonchev–Trinajstić information content (AvgIpc) is 1.82. The highest BCUT2D eigenvalue weighted by molar-refractivity contribution is 6.72. The zero-order valence-electron chi connectivity index (χ0n) is 4.98. The van der Waals surface area contributed by atoms with Crippen LogP contribution in [0.5, 0.6) is 0 Å². The molecule has 1 heterocycles. The summed E-state index contributed by atoms with van der Waals surface area (Å²) in [4.78, 5) is 3.50. The Balaban J connectivity index is 3.07. The molecule has 4 N–H and O–H groups in total. The lowest BCUT2D eigenvalue weighted by molar-refractivity contribution is 1.37. The van der Waals surface area contributed by atoms with E-state index in [1.165, 1.54) is 6.08 Å². The molecule has 0 fully saturated rings. The lowest BCUT2D eigenvalue weighted by Crippen LogP contribution is -2.23. The standard InChI is InChI=1S/C5H5ClN4/c6-3-1-2(7)4(8)5(9)10-3/h1,8-9H,7H2. The number of hydrogen-bond acceptors (Lipinski definition) is 3. The van der Waals surface area contributed by atoms with Crippen molar-refractivity contribution in [2.24, 2.45) is 10.7 Å². The lowest BCUT2D eigenvalue weighted by Gasteiger charge is -2.06. The van der Waals surface area contributed by atoms with E-state index >= 15 is 0 Å². The molecule has 0 bridgehead atoms. The molecule has 0 aliphatic carbocycles. The molecule has 10 heavy (non-hydrogen) atoms. The zero-order valence-corrected chi connectivity index (χ0v) is 5.74. The van der Waals surface area contributed by atoms with Gasteiger partial charge in [-0.15, -0.1) is 0 Å². The van der Waals surface area contributed by atoms with Crippen LogP contribution in [-0.4, -0.2) is 16.7 Å². The van der Waals surface area contributed by atoms with E-state index in [1.807, 2.05) is 0 Å². The van der Waals surface area contributed by atoms with Crippen LogP contribution in [0.2, 0.25) is 0 Å². The van der Waals surface area contributed by atoms with E-state index in [0.29, 0.717) is 0 Å². The fourth-order valence-electron chi connectivity index (χ4n) is 0.532. The monoisotopic (exact) mass is 156 g/mol. The number of nitrogens with zero attached hydrogens (tertiary/aromatic N) is 1. The molecule has 0 saturated heterocycles. The molecule has 0 atom stereocenters. The summed E-state index contributed by atoms with van der Waals surface area (Å²) in [5.74, 6) is -0.190. The Morgan fingerprint density at radius 2 is 2.10 bits per heavy atom. The van der Waals surface area contributed by atoms with Crippen LogP contribution in [-0.2, 0) is 0 Å². The van der Waals surface area contributed by atoms with Crippen LogP contribution < -0.4 is 5.73 Å². The fourth-order valence-corrected chi connectivity index (χ4v) is 0.734. The number of dihydropyridines is 1. The van der Waals surface area contributed by atoms with Gasteiger partial charge in [0.05, 0.1) is 5.70 Å². The van der Waals surface area contributed by atoms with Gasteiger partial charge in [0.1, 0.15) is 10.9 Å². The third kappa shape index (κ3) is 1.06. The van der Waals surface area contributed by atoms with Crippen molar-refractivity contribution in [3.05, 3.63) is 11.8 Å². The van der Waals surface area contributed by atoms with Gasteiger partial charge in [0.25, 0.3) is 0 Å². The molecular weight excluding hydrogens is 152 g/mol. The highest BCUT2D eigenvalue weighted by Crippen LogP contribution is 2.03. The molecule has 0 spiro atoms. The molecule has 1 rings (SSSR count). The summed E-state index contributed by atoms with van der Waals surface area (Å²) >= 11 is 5.43. The number of rotatable bonds is 0. The number of nitrogens with one attached hydrogen (secondary N) is 2. The normalized spacial score (nSPS) is 18.5. The fraction of sp³-hybridized carbons (Fsp3) is 0. The minimum absolute atomic E-state index is 0.0793. The zero-order chi connectivity index (χ0) is 7.72. The minimum Gasteiger partial charge on any atom is -0.397 e. The van der Waals surface area contributed by atoms with Gasteiger partial charge >= 0.3 is 0 Å². The Hall–Kier alpha value is -1.16. The molecule has 0 saturated carbocycles. The Morgan fingerprint density at radius 1 is 1.50 bits per heavy atom. The van der Waals surface area contributed by atoms with E-state index in [9.17, 15) is 0 Å². The minimum atomic E-state index is -0.190. The Kier molecular flexibility index (Phi) is 1.55. The molecule has 1 aliphatic rings. The first-order chi connectivity index (χ1) is 4.61. The van der Waals surface area contributed by atoms with Gasteiger partial charge in [-0.2, -0.15) is 0 Å². The van der Waals surface area contributed by atoms with Crippen LogP contribution in [0.15, 0.2) is 16.8 Å². The van der Waals surface area contributed by atoms with Gasteiger partial charge in [0.2, 0.25) is 0 Å². The van der Waals surface area contributed by atoms with Crippen LogP contribution in [0.4, 0.5) is 0 Å².